The maximum atomic E-state index is 13.0. The molecule has 1 N–H and O–H groups in total. The van der Waals surface area contributed by atoms with Crippen molar-refractivity contribution in [2.75, 3.05) is 12.5 Å². The Balaban J connectivity index is 2.03. The highest BCUT2D eigenvalue weighted by Crippen LogP contribution is 2.22. The first kappa shape index (κ1) is 20.1. The molecule has 0 saturated carbocycles. The molecule has 0 aliphatic rings. The molecule has 0 aliphatic carbocycles. The van der Waals surface area contributed by atoms with Crippen molar-refractivity contribution in [3.8, 4) is 5.75 Å². The Morgan fingerprint density at radius 2 is 2.00 bits per heavy atom. The van der Waals surface area contributed by atoms with Crippen molar-refractivity contribution in [3.63, 3.8) is 0 Å². The molecule has 0 spiro atoms. The van der Waals surface area contributed by atoms with Crippen LogP contribution in [0.15, 0.2) is 51.7 Å². The maximum Gasteiger partial charge on any atom is 0.280 e. The first-order valence-corrected chi connectivity index (χ1v) is 10.00. The number of aromatic nitrogens is 2. The minimum atomic E-state index is -0.415. The van der Waals surface area contributed by atoms with E-state index in [1.54, 1.807) is 30.3 Å². The topological polar surface area (TPSA) is 73.2 Å². The lowest BCUT2D eigenvalue weighted by Gasteiger charge is -2.15. The normalized spacial score (nSPS) is 10.8. The number of benzene rings is 2. The van der Waals surface area contributed by atoms with Gasteiger partial charge >= 0.3 is 0 Å². The van der Waals surface area contributed by atoms with Gasteiger partial charge in [0.15, 0.2) is 0 Å². The number of methoxy groups -OCH3 is 1. The molecule has 3 aromatic rings. The molecule has 2 aromatic carbocycles. The number of nitrogens with one attached hydrogen (secondary N) is 1. The molecule has 0 fully saturated rings. The number of hydrogen-bond acceptors (Lipinski definition) is 4. The lowest BCUT2D eigenvalue weighted by Crippen LogP contribution is -2.36. The molecule has 1 aromatic heterocycles. The molecule has 0 aliphatic heterocycles. The van der Waals surface area contributed by atoms with Crippen LogP contribution in [0.2, 0.25) is 0 Å². The summed E-state index contributed by atoms with van der Waals surface area (Å²) in [4.78, 5) is 30.5. The highest BCUT2D eigenvalue weighted by atomic mass is 79.9. The molecule has 7 heteroatoms. The third kappa shape index (κ3) is 4.25. The number of fused-ring (bicyclic) bond motifs is 1. The quantitative estimate of drug-likeness (QED) is 0.552. The van der Waals surface area contributed by atoms with E-state index < -0.39 is 5.91 Å². The van der Waals surface area contributed by atoms with Crippen molar-refractivity contribution in [3.05, 3.63) is 68.7 Å². The Morgan fingerprint density at radius 3 is 2.75 bits per heavy atom. The lowest BCUT2D eigenvalue weighted by atomic mass is 10.2. The highest BCUT2D eigenvalue weighted by Gasteiger charge is 2.16. The van der Waals surface area contributed by atoms with E-state index in [2.05, 4.69) is 33.3 Å². The van der Waals surface area contributed by atoms with E-state index >= 15 is 0 Å². The summed E-state index contributed by atoms with van der Waals surface area (Å²) in [5.74, 6) is 0.687. The van der Waals surface area contributed by atoms with Crippen LogP contribution in [-0.2, 0) is 6.42 Å². The number of carbonyl (C=O) groups excluding carboxylic acids is 1. The summed E-state index contributed by atoms with van der Waals surface area (Å²) in [5.41, 5.74) is 3.44. The van der Waals surface area contributed by atoms with Gasteiger partial charge in [0, 0.05) is 10.9 Å². The lowest BCUT2D eigenvalue weighted by molar-refractivity contribution is 0.100. The number of hydrogen-bond donors (Lipinski definition) is 1. The van der Waals surface area contributed by atoms with E-state index in [4.69, 9.17) is 4.74 Å². The fraction of sp³-hybridized carbons (Fsp3) is 0.286. The van der Waals surface area contributed by atoms with Crippen LogP contribution >= 0.6 is 15.9 Å². The molecule has 0 saturated heterocycles. The standard InChI is InChI=1S/C21H22BrN3O3/c1-3-4-5-10-19-23-18-9-7-6-8-15(18)21(27)25(19)24-20(26)16-13-14(28-2)11-12-17(16)22/h6-9,11-13H,3-5,10H2,1-2H3,(H,24,26). The van der Waals surface area contributed by atoms with Crippen LogP contribution < -0.4 is 15.7 Å². The molecule has 1 heterocycles. The average molecular weight is 444 g/mol. The third-order valence-corrected chi connectivity index (χ3v) is 5.17. The van der Waals surface area contributed by atoms with Gasteiger partial charge in [-0.25, -0.2) is 9.66 Å². The second-order valence-corrected chi connectivity index (χ2v) is 7.28. The van der Waals surface area contributed by atoms with Crippen LogP contribution in [0.4, 0.5) is 0 Å². The average Bonchev–Trinajstić information content (AvgIpc) is 2.71. The molecular weight excluding hydrogens is 422 g/mol. The van der Waals surface area contributed by atoms with Gasteiger partial charge in [0.25, 0.3) is 11.5 Å². The maximum absolute atomic E-state index is 13.0. The summed E-state index contributed by atoms with van der Waals surface area (Å²) >= 11 is 3.38. The smallest absolute Gasteiger partial charge is 0.280 e. The van der Waals surface area contributed by atoms with Gasteiger partial charge in [-0.2, -0.15) is 0 Å². The minimum Gasteiger partial charge on any atom is -0.497 e. The predicted octanol–water partition coefficient (Wildman–Crippen LogP) is 4.28. The van der Waals surface area contributed by atoms with E-state index in [9.17, 15) is 9.59 Å². The van der Waals surface area contributed by atoms with E-state index in [1.165, 1.54) is 11.8 Å². The SMILES string of the molecule is CCCCCc1nc2ccccc2c(=O)n1NC(=O)c1cc(OC)ccc1Br. The number of aryl methyl sites for hydroxylation is 1. The molecular formula is C21H22BrN3O3. The number of rotatable bonds is 7. The van der Waals surface area contributed by atoms with Gasteiger partial charge in [-0.15, -0.1) is 0 Å². The number of ether oxygens (including phenoxy) is 1. The van der Waals surface area contributed by atoms with E-state index in [1.807, 2.05) is 12.1 Å². The van der Waals surface area contributed by atoms with Crippen LogP contribution in [0.3, 0.4) is 0 Å². The molecule has 0 radical (unpaired) electrons. The minimum absolute atomic E-state index is 0.288. The van der Waals surface area contributed by atoms with Crippen LogP contribution in [0, 0.1) is 0 Å². The summed E-state index contributed by atoms with van der Waals surface area (Å²) in [7, 11) is 1.54. The monoisotopic (exact) mass is 443 g/mol. The van der Waals surface area contributed by atoms with Gasteiger partial charge < -0.3 is 4.74 Å². The van der Waals surface area contributed by atoms with E-state index in [0.29, 0.717) is 38.9 Å². The van der Waals surface area contributed by atoms with Crippen LogP contribution in [0.5, 0.6) is 5.75 Å². The third-order valence-electron chi connectivity index (χ3n) is 4.48. The van der Waals surface area contributed by atoms with Gasteiger partial charge in [0.05, 0.1) is 23.6 Å². The van der Waals surface area contributed by atoms with Gasteiger partial charge in [-0.1, -0.05) is 31.9 Å². The van der Waals surface area contributed by atoms with Crippen LogP contribution in [-0.4, -0.2) is 22.7 Å². The first-order chi connectivity index (χ1) is 13.5. The zero-order valence-electron chi connectivity index (χ0n) is 15.9. The number of para-hydroxylation sites is 1. The van der Waals surface area contributed by atoms with Crippen molar-refractivity contribution in [1.29, 1.82) is 0 Å². The second kappa shape index (κ2) is 9.01. The zero-order chi connectivity index (χ0) is 20.1. The molecule has 6 nitrogen and oxygen atoms in total. The fourth-order valence-corrected chi connectivity index (χ4v) is 3.39. The molecule has 0 unspecified atom stereocenters. The first-order valence-electron chi connectivity index (χ1n) is 9.20. The molecule has 28 heavy (non-hydrogen) atoms. The Kier molecular flexibility index (Phi) is 6.46. The fourth-order valence-electron chi connectivity index (χ4n) is 2.96. The number of nitrogens with zero attached hydrogens (tertiary/aromatic N) is 2. The van der Waals surface area contributed by atoms with Crippen LogP contribution in [0.25, 0.3) is 10.9 Å². The summed E-state index contributed by atoms with van der Waals surface area (Å²) in [6, 6.07) is 12.3. The Hall–Kier alpha value is -2.67. The number of amides is 1. The molecule has 1 amide bonds. The summed E-state index contributed by atoms with van der Waals surface area (Å²) in [6.07, 6.45) is 3.58. The Bertz CT molecular complexity index is 1060. The highest BCUT2D eigenvalue weighted by molar-refractivity contribution is 9.10. The van der Waals surface area contributed by atoms with Gasteiger partial charge in [0.1, 0.15) is 11.6 Å². The van der Waals surface area contributed by atoms with Crippen LogP contribution in [0.1, 0.15) is 42.4 Å². The zero-order valence-corrected chi connectivity index (χ0v) is 17.5. The second-order valence-electron chi connectivity index (χ2n) is 6.43. The van der Waals surface area contributed by atoms with Crippen molar-refractivity contribution in [1.82, 2.24) is 9.66 Å². The van der Waals surface area contributed by atoms with Gasteiger partial charge in [-0.3, -0.25) is 15.0 Å². The molecule has 0 bridgehead atoms. The molecule has 3 rings (SSSR count). The Labute approximate surface area is 171 Å². The summed E-state index contributed by atoms with van der Waals surface area (Å²) in [5, 5.41) is 0.465. The van der Waals surface area contributed by atoms with Gasteiger partial charge in [0.2, 0.25) is 0 Å². The number of halogens is 1. The van der Waals surface area contributed by atoms with Crippen molar-refractivity contribution < 1.29 is 9.53 Å². The summed E-state index contributed by atoms with van der Waals surface area (Å²) < 4.78 is 7.08. The Morgan fingerprint density at radius 1 is 1.21 bits per heavy atom. The van der Waals surface area contributed by atoms with Crippen molar-refractivity contribution >= 4 is 32.7 Å². The van der Waals surface area contributed by atoms with Crippen molar-refractivity contribution in [2.24, 2.45) is 0 Å². The predicted molar refractivity (Wildman–Crippen MR) is 114 cm³/mol. The van der Waals surface area contributed by atoms with E-state index in [0.717, 1.165) is 19.3 Å². The van der Waals surface area contributed by atoms with Gasteiger partial charge in [-0.05, 0) is 52.7 Å². The largest absolute Gasteiger partial charge is 0.497 e. The van der Waals surface area contributed by atoms with E-state index in [-0.39, 0.29) is 5.56 Å². The van der Waals surface area contributed by atoms with Crippen molar-refractivity contribution in [2.45, 2.75) is 32.6 Å². The molecule has 146 valence electrons. The number of unbranched alkanes of at least 4 members (excludes halogenated alkanes) is 2. The number of carbonyl (C=O) groups is 1. The molecule has 0 atom stereocenters. The summed E-state index contributed by atoms with van der Waals surface area (Å²) in [6.45, 7) is 2.11.